The summed E-state index contributed by atoms with van der Waals surface area (Å²) in [6.45, 7) is 12.3. The van der Waals surface area contributed by atoms with E-state index in [4.69, 9.17) is 21.1 Å². The van der Waals surface area contributed by atoms with Crippen LogP contribution in [-0.4, -0.2) is 39.5 Å². The van der Waals surface area contributed by atoms with Crippen LogP contribution in [-0.2, 0) is 22.5 Å². The number of nitrogens with one attached hydrogen (secondary N) is 1. The van der Waals surface area contributed by atoms with Gasteiger partial charge in [0.2, 0.25) is 5.91 Å². The third kappa shape index (κ3) is 6.04. The molecule has 0 fully saturated rings. The smallest absolute Gasteiger partial charge is 0.341 e. The van der Waals surface area contributed by atoms with E-state index in [2.05, 4.69) is 15.5 Å². The first kappa shape index (κ1) is 28.0. The molecule has 0 bridgehead atoms. The number of methoxy groups -OCH3 is 1. The average molecular weight is 551 g/mol. The number of halogens is 1. The van der Waals surface area contributed by atoms with Gasteiger partial charge in [0.05, 0.1) is 18.4 Å². The van der Waals surface area contributed by atoms with Crippen molar-refractivity contribution < 1.29 is 19.1 Å². The molecule has 3 rings (SSSR count). The van der Waals surface area contributed by atoms with E-state index in [1.54, 1.807) is 0 Å². The topological polar surface area (TPSA) is 95.3 Å². The van der Waals surface area contributed by atoms with Crippen LogP contribution in [0.5, 0.6) is 5.75 Å². The zero-order valence-corrected chi connectivity index (χ0v) is 23.9. The quantitative estimate of drug-likeness (QED) is 0.238. The predicted octanol–water partition coefficient (Wildman–Crippen LogP) is 6.16. The molecule has 11 heteroatoms. The maximum absolute atomic E-state index is 12.8. The summed E-state index contributed by atoms with van der Waals surface area (Å²) in [4.78, 5) is 26.1. The van der Waals surface area contributed by atoms with Crippen molar-refractivity contribution in [1.29, 1.82) is 0 Å². The van der Waals surface area contributed by atoms with E-state index in [1.165, 1.54) is 30.2 Å². The van der Waals surface area contributed by atoms with Gasteiger partial charge in [-0.3, -0.25) is 4.79 Å². The molecule has 0 aliphatic carbocycles. The lowest BCUT2D eigenvalue weighted by atomic mass is 10.1. The van der Waals surface area contributed by atoms with E-state index in [9.17, 15) is 9.59 Å². The molecule has 1 unspecified atom stereocenters. The van der Waals surface area contributed by atoms with E-state index in [0.29, 0.717) is 40.3 Å². The van der Waals surface area contributed by atoms with Gasteiger partial charge in [-0.05, 0) is 69.9 Å². The van der Waals surface area contributed by atoms with Crippen LogP contribution in [0.25, 0.3) is 0 Å². The van der Waals surface area contributed by atoms with Crippen molar-refractivity contribution in [3.63, 3.8) is 0 Å². The van der Waals surface area contributed by atoms with Crippen molar-refractivity contribution in [2.75, 3.05) is 18.2 Å². The zero-order valence-electron chi connectivity index (χ0n) is 21.5. The summed E-state index contributed by atoms with van der Waals surface area (Å²) in [5, 5.41) is 13.3. The van der Waals surface area contributed by atoms with Crippen LogP contribution < -0.4 is 10.1 Å². The van der Waals surface area contributed by atoms with Crippen LogP contribution in [0.1, 0.15) is 64.6 Å². The third-order valence-electron chi connectivity index (χ3n) is 5.69. The molecule has 0 radical (unpaired) electrons. The summed E-state index contributed by atoms with van der Waals surface area (Å²) in [5.41, 5.74) is 3.21. The average Bonchev–Trinajstić information content (AvgIpc) is 3.40. The van der Waals surface area contributed by atoms with Crippen molar-refractivity contribution in [2.45, 2.75) is 65.8 Å². The van der Waals surface area contributed by atoms with Crippen LogP contribution in [0.3, 0.4) is 0 Å². The number of ether oxygens (including phenoxy) is 2. The number of thiophene rings is 1. The number of hydrogen-bond donors (Lipinski definition) is 1. The van der Waals surface area contributed by atoms with Crippen molar-refractivity contribution in [2.24, 2.45) is 0 Å². The van der Waals surface area contributed by atoms with Crippen LogP contribution >= 0.6 is 34.7 Å². The Morgan fingerprint density at radius 2 is 1.86 bits per heavy atom. The normalized spacial score (nSPS) is 11.9. The Balaban J connectivity index is 1.71. The molecule has 0 saturated carbocycles. The fraction of sp³-hybridized carbons (Fsp3) is 0.440. The Morgan fingerprint density at radius 1 is 1.19 bits per heavy atom. The van der Waals surface area contributed by atoms with Crippen LogP contribution in [0.15, 0.2) is 17.3 Å². The molecule has 1 amide bonds. The maximum Gasteiger partial charge on any atom is 0.341 e. The minimum absolute atomic E-state index is 0.113. The Labute approximate surface area is 224 Å². The summed E-state index contributed by atoms with van der Waals surface area (Å²) >= 11 is 8.93. The molecule has 0 aliphatic rings. The minimum Gasteiger partial charge on any atom is -0.483 e. The molecule has 0 aliphatic heterocycles. The zero-order chi connectivity index (χ0) is 26.6. The summed E-state index contributed by atoms with van der Waals surface area (Å²) in [6, 6.07) is 3.80. The lowest BCUT2D eigenvalue weighted by Crippen LogP contribution is -2.17. The van der Waals surface area contributed by atoms with Gasteiger partial charge in [0.15, 0.2) is 17.1 Å². The monoisotopic (exact) mass is 550 g/mol. The first-order chi connectivity index (χ1) is 17.1. The standard InChI is InChI=1S/C25H31ClN4O4S2/c1-8-18-16(6)36-23(20(18)24(32)33-7)27-19(31)12-35-25-29-28-22(30(25)9-2)15(5)34-17-10-13(3)21(26)14(4)11-17/h10-11,15H,8-9,12H2,1-7H3,(H,27,31). The van der Waals surface area contributed by atoms with Crippen molar-refractivity contribution >= 4 is 51.6 Å². The highest BCUT2D eigenvalue weighted by atomic mass is 35.5. The highest BCUT2D eigenvalue weighted by Gasteiger charge is 2.24. The largest absolute Gasteiger partial charge is 0.483 e. The molecule has 1 atom stereocenters. The van der Waals surface area contributed by atoms with E-state index < -0.39 is 5.97 Å². The molecular formula is C25H31ClN4O4S2. The van der Waals surface area contributed by atoms with Crippen molar-refractivity contribution in [3.05, 3.63) is 50.1 Å². The van der Waals surface area contributed by atoms with Crippen molar-refractivity contribution in [3.8, 4) is 5.75 Å². The first-order valence-electron chi connectivity index (χ1n) is 11.6. The van der Waals surface area contributed by atoms with Gasteiger partial charge in [0, 0.05) is 16.4 Å². The van der Waals surface area contributed by atoms with Gasteiger partial charge in [-0.2, -0.15) is 0 Å². The number of nitrogens with zero attached hydrogens (tertiary/aromatic N) is 3. The molecule has 1 N–H and O–H groups in total. The van der Waals surface area contributed by atoms with Crippen LogP contribution in [0.2, 0.25) is 5.02 Å². The molecular weight excluding hydrogens is 520 g/mol. The first-order valence-corrected chi connectivity index (χ1v) is 13.8. The summed E-state index contributed by atoms with van der Waals surface area (Å²) < 4.78 is 13.0. The number of aryl methyl sites for hydroxylation is 3. The van der Waals surface area contributed by atoms with Crippen molar-refractivity contribution in [1.82, 2.24) is 14.8 Å². The molecule has 0 saturated heterocycles. The van der Waals surface area contributed by atoms with Crippen LogP contribution in [0.4, 0.5) is 5.00 Å². The van der Waals surface area contributed by atoms with E-state index >= 15 is 0 Å². The number of thioether (sulfide) groups is 1. The van der Waals surface area contributed by atoms with Gasteiger partial charge in [0.25, 0.3) is 0 Å². The highest BCUT2D eigenvalue weighted by molar-refractivity contribution is 7.99. The summed E-state index contributed by atoms with van der Waals surface area (Å²) in [7, 11) is 1.34. The van der Waals surface area contributed by atoms with E-state index in [0.717, 1.165) is 26.6 Å². The Hall–Kier alpha value is -2.56. The molecule has 8 nitrogen and oxygen atoms in total. The lowest BCUT2D eigenvalue weighted by molar-refractivity contribution is -0.113. The second-order valence-corrected chi connectivity index (χ2v) is 10.8. The number of amides is 1. The minimum atomic E-state index is -0.449. The fourth-order valence-electron chi connectivity index (χ4n) is 3.94. The molecule has 194 valence electrons. The molecule has 36 heavy (non-hydrogen) atoms. The third-order valence-corrected chi connectivity index (χ3v) is 8.31. The van der Waals surface area contributed by atoms with Gasteiger partial charge >= 0.3 is 5.97 Å². The number of aromatic nitrogens is 3. The van der Waals surface area contributed by atoms with Gasteiger partial charge in [-0.25, -0.2) is 4.79 Å². The number of rotatable bonds is 10. The molecule has 2 aromatic heterocycles. The summed E-state index contributed by atoms with van der Waals surface area (Å²) in [6.07, 6.45) is 0.319. The number of esters is 1. The number of benzene rings is 1. The molecule has 0 spiro atoms. The molecule has 2 heterocycles. The second kappa shape index (κ2) is 12.1. The SMILES string of the molecule is CCc1c(C)sc(NC(=O)CSc2nnc(C(C)Oc3cc(C)c(Cl)c(C)c3)n2CC)c1C(=O)OC. The van der Waals surface area contributed by atoms with Gasteiger partial charge < -0.3 is 19.4 Å². The summed E-state index contributed by atoms with van der Waals surface area (Å²) in [5.74, 6) is 0.801. The number of carbonyl (C=O) groups excluding carboxylic acids is 2. The number of anilines is 1. The Kier molecular flexibility index (Phi) is 9.43. The number of hydrogen-bond acceptors (Lipinski definition) is 8. The fourth-order valence-corrected chi connectivity index (χ4v) is 6.01. The molecule has 1 aromatic carbocycles. The predicted molar refractivity (Wildman–Crippen MR) is 145 cm³/mol. The Bertz CT molecular complexity index is 1250. The maximum atomic E-state index is 12.8. The van der Waals surface area contributed by atoms with Gasteiger partial charge in [0.1, 0.15) is 10.8 Å². The second-order valence-electron chi connectivity index (χ2n) is 8.24. The highest BCUT2D eigenvalue weighted by Crippen LogP contribution is 2.34. The Morgan fingerprint density at radius 3 is 2.44 bits per heavy atom. The van der Waals surface area contributed by atoms with Crippen LogP contribution in [0, 0.1) is 20.8 Å². The van der Waals surface area contributed by atoms with Gasteiger partial charge in [-0.15, -0.1) is 21.5 Å². The van der Waals surface area contributed by atoms with E-state index in [-0.39, 0.29) is 17.8 Å². The van der Waals surface area contributed by atoms with Gasteiger partial charge in [-0.1, -0.05) is 30.3 Å². The van der Waals surface area contributed by atoms with E-state index in [1.807, 2.05) is 58.2 Å². The lowest BCUT2D eigenvalue weighted by Gasteiger charge is -2.17. The molecule has 3 aromatic rings. The number of carbonyl (C=O) groups is 2.